The fourth-order valence-corrected chi connectivity index (χ4v) is 1.64. The summed E-state index contributed by atoms with van der Waals surface area (Å²) in [7, 11) is 1.60. The second-order valence-electron chi connectivity index (χ2n) is 4.90. The molecule has 104 valence electrons. The van der Waals surface area contributed by atoms with E-state index in [0.717, 1.165) is 18.7 Å². The molecule has 4 heteroatoms. The monoisotopic (exact) mass is 262 g/mol. The van der Waals surface area contributed by atoms with E-state index >= 15 is 0 Å². The molecule has 1 aromatic carbocycles. The summed E-state index contributed by atoms with van der Waals surface area (Å²) in [5.74, 6) is 1.89. The molecular formula is C15H22N2O2. The van der Waals surface area contributed by atoms with Crippen molar-refractivity contribution >= 4 is 0 Å². The molecule has 1 unspecified atom stereocenters. The van der Waals surface area contributed by atoms with Crippen LogP contribution in [0.2, 0.25) is 0 Å². The number of benzene rings is 1. The molecule has 0 fully saturated rings. The number of nitriles is 1. The highest BCUT2D eigenvalue weighted by Gasteiger charge is 2.09. The minimum atomic E-state index is -0.487. The van der Waals surface area contributed by atoms with Crippen LogP contribution >= 0.6 is 0 Å². The average molecular weight is 262 g/mol. The molecule has 1 atom stereocenters. The minimum Gasteiger partial charge on any atom is -0.493 e. The molecule has 0 radical (unpaired) electrons. The van der Waals surface area contributed by atoms with Crippen molar-refractivity contribution in [3.8, 4) is 17.6 Å². The van der Waals surface area contributed by atoms with Crippen LogP contribution in [0.4, 0.5) is 0 Å². The van der Waals surface area contributed by atoms with E-state index in [4.69, 9.17) is 14.7 Å². The molecule has 0 amide bonds. The molecule has 0 saturated carbocycles. The first kappa shape index (κ1) is 15.3. The van der Waals surface area contributed by atoms with Crippen molar-refractivity contribution in [3.63, 3.8) is 0 Å². The number of hydrogen-bond donors (Lipinski definition) is 1. The van der Waals surface area contributed by atoms with Gasteiger partial charge in [0, 0.05) is 6.54 Å². The summed E-state index contributed by atoms with van der Waals surface area (Å²) in [6.45, 7) is 7.83. The lowest BCUT2D eigenvalue weighted by Crippen LogP contribution is -2.19. The van der Waals surface area contributed by atoms with E-state index < -0.39 is 6.10 Å². The molecule has 0 saturated heterocycles. The molecule has 0 spiro atoms. The zero-order chi connectivity index (χ0) is 14.3. The lowest BCUT2D eigenvalue weighted by molar-refractivity contribution is 0.260. The van der Waals surface area contributed by atoms with Crippen LogP contribution in [0.3, 0.4) is 0 Å². The number of rotatable bonds is 7. The third-order valence-electron chi connectivity index (χ3n) is 2.60. The predicted molar refractivity (Wildman–Crippen MR) is 75.2 cm³/mol. The van der Waals surface area contributed by atoms with Crippen LogP contribution in [0.5, 0.6) is 11.5 Å². The quantitative estimate of drug-likeness (QED) is 0.821. The normalized spacial score (nSPS) is 12.0. The molecule has 1 N–H and O–H groups in total. The van der Waals surface area contributed by atoms with Gasteiger partial charge in [-0.05, 0) is 37.1 Å². The van der Waals surface area contributed by atoms with E-state index in [1.54, 1.807) is 14.0 Å². The molecule has 1 rings (SSSR count). The zero-order valence-corrected chi connectivity index (χ0v) is 12.1. The van der Waals surface area contributed by atoms with Crippen LogP contribution in [0, 0.1) is 17.2 Å². The van der Waals surface area contributed by atoms with Crippen LogP contribution in [0.1, 0.15) is 26.3 Å². The van der Waals surface area contributed by atoms with Gasteiger partial charge in [-0.25, -0.2) is 0 Å². The van der Waals surface area contributed by atoms with Gasteiger partial charge in [0.15, 0.2) is 17.6 Å². The van der Waals surface area contributed by atoms with Gasteiger partial charge in [0.05, 0.1) is 7.11 Å². The van der Waals surface area contributed by atoms with Gasteiger partial charge in [0.1, 0.15) is 6.07 Å². The lowest BCUT2D eigenvalue weighted by atomic mass is 10.2. The van der Waals surface area contributed by atoms with Crippen molar-refractivity contribution in [2.24, 2.45) is 5.92 Å². The van der Waals surface area contributed by atoms with Crippen molar-refractivity contribution in [2.45, 2.75) is 33.4 Å². The van der Waals surface area contributed by atoms with Crippen molar-refractivity contribution in [3.05, 3.63) is 23.8 Å². The predicted octanol–water partition coefficient (Wildman–Crippen LogP) is 2.73. The Hall–Kier alpha value is -1.73. The van der Waals surface area contributed by atoms with E-state index in [0.29, 0.717) is 17.4 Å². The third kappa shape index (κ3) is 5.19. The molecular weight excluding hydrogens is 240 g/mol. The van der Waals surface area contributed by atoms with Gasteiger partial charge in [0.25, 0.3) is 0 Å². The summed E-state index contributed by atoms with van der Waals surface area (Å²) < 4.78 is 10.8. The van der Waals surface area contributed by atoms with Crippen LogP contribution in [-0.4, -0.2) is 19.8 Å². The van der Waals surface area contributed by atoms with Gasteiger partial charge in [-0.3, -0.25) is 0 Å². The smallest absolute Gasteiger partial charge is 0.181 e. The molecule has 4 nitrogen and oxygen atoms in total. The van der Waals surface area contributed by atoms with E-state index in [-0.39, 0.29) is 0 Å². The van der Waals surface area contributed by atoms with Gasteiger partial charge in [-0.15, -0.1) is 0 Å². The maximum atomic E-state index is 8.76. The third-order valence-corrected chi connectivity index (χ3v) is 2.60. The second-order valence-corrected chi connectivity index (χ2v) is 4.90. The van der Waals surface area contributed by atoms with Crippen LogP contribution in [0.25, 0.3) is 0 Å². The van der Waals surface area contributed by atoms with Crippen LogP contribution in [0.15, 0.2) is 18.2 Å². The highest BCUT2D eigenvalue weighted by Crippen LogP contribution is 2.28. The van der Waals surface area contributed by atoms with E-state index in [9.17, 15) is 0 Å². The molecule has 0 aliphatic carbocycles. The number of nitrogens with one attached hydrogen (secondary N) is 1. The van der Waals surface area contributed by atoms with Crippen molar-refractivity contribution in [1.29, 1.82) is 5.26 Å². The molecule has 1 aromatic rings. The molecule has 0 aromatic heterocycles. The molecule has 0 aliphatic heterocycles. The maximum Gasteiger partial charge on any atom is 0.181 e. The SMILES string of the molecule is COc1cc(CNCC(C)C)ccc1OC(C)C#N. The maximum absolute atomic E-state index is 8.76. The summed E-state index contributed by atoms with van der Waals surface area (Å²) >= 11 is 0. The van der Waals surface area contributed by atoms with E-state index in [1.807, 2.05) is 24.3 Å². The zero-order valence-electron chi connectivity index (χ0n) is 12.1. The summed E-state index contributed by atoms with van der Waals surface area (Å²) in [5.41, 5.74) is 1.13. The second kappa shape index (κ2) is 7.65. The van der Waals surface area contributed by atoms with Gasteiger partial charge in [-0.2, -0.15) is 5.26 Å². The summed E-state index contributed by atoms with van der Waals surface area (Å²) in [6, 6.07) is 7.80. The highest BCUT2D eigenvalue weighted by atomic mass is 16.5. The van der Waals surface area contributed by atoms with E-state index in [2.05, 4.69) is 19.2 Å². The average Bonchev–Trinajstić information content (AvgIpc) is 2.39. The summed E-state index contributed by atoms with van der Waals surface area (Å²) in [5, 5.41) is 12.1. The number of ether oxygens (including phenoxy) is 2. The molecule has 0 bridgehead atoms. The van der Waals surface area contributed by atoms with Crippen molar-refractivity contribution in [1.82, 2.24) is 5.32 Å². The Morgan fingerprint density at radius 3 is 2.58 bits per heavy atom. The van der Waals surface area contributed by atoms with Crippen LogP contribution < -0.4 is 14.8 Å². The molecule has 0 heterocycles. The van der Waals surface area contributed by atoms with Gasteiger partial charge in [-0.1, -0.05) is 19.9 Å². The standard InChI is InChI=1S/C15H22N2O2/c1-11(2)9-17-10-13-5-6-14(15(7-13)18-4)19-12(3)8-16/h5-7,11-12,17H,9-10H2,1-4H3. The van der Waals surface area contributed by atoms with Gasteiger partial charge < -0.3 is 14.8 Å². The topological polar surface area (TPSA) is 54.3 Å². The summed E-state index contributed by atoms with van der Waals surface area (Å²) in [4.78, 5) is 0. The fourth-order valence-electron chi connectivity index (χ4n) is 1.64. The van der Waals surface area contributed by atoms with Gasteiger partial charge >= 0.3 is 0 Å². The Labute approximate surface area is 115 Å². The highest BCUT2D eigenvalue weighted by molar-refractivity contribution is 5.43. The Bertz CT molecular complexity index is 438. The first-order chi connectivity index (χ1) is 9.06. The minimum absolute atomic E-state index is 0.487. The van der Waals surface area contributed by atoms with Crippen LogP contribution in [-0.2, 0) is 6.54 Å². The lowest BCUT2D eigenvalue weighted by Gasteiger charge is -2.14. The Balaban J connectivity index is 2.70. The van der Waals surface area contributed by atoms with Crippen molar-refractivity contribution < 1.29 is 9.47 Å². The number of nitrogens with zero attached hydrogens (tertiary/aromatic N) is 1. The Morgan fingerprint density at radius 1 is 1.26 bits per heavy atom. The van der Waals surface area contributed by atoms with E-state index in [1.165, 1.54) is 0 Å². The molecule has 0 aliphatic rings. The number of methoxy groups -OCH3 is 1. The Morgan fingerprint density at radius 2 is 2.00 bits per heavy atom. The first-order valence-electron chi connectivity index (χ1n) is 6.50. The largest absolute Gasteiger partial charge is 0.493 e. The first-order valence-corrected chi connectivity index (χ1v) is 6.50. The number of hydrogen-bond acceptors (Lipinski definition) is 4. The van der Waals surface area contributed by atoms with Crippen molar-refractivity contribution in [2.75, 3.05) is 13.7 Å². The fraction of sp³-hybridized carbons (Fsp3) is 0.533. The summed E-state index contributed by atoms with van der Waals surface area (Å²) in [6.07, 6.45) is -0.487. The Kier molecular flexibility index (Phi) is 6.17. The molecule has 19 heavy (non-hydrogen) atoms. The van der Waals surface area contributed by atoms with Gasteiger partial charge in [0.2, 0.25) is 0 Å².